The van der Waals surface area contributed by atoms with Gasteiger partial charge in [-0.15, -0.1) is 24.0 Å². The van der Waals surface area contributed by atoms with E-state index in [1.807, 2.05) is 31.2 Å². The highest BCUT2D eigenvalue weighted by molar-refractivity contribution is 14.0. The molecule has 30 heavy (non-hydrogen) atoms. The lowest BCUT2D eigenvalue weighted by molar-refractivity contribution is 0.259. The van der Waals surface area contributed by atoms with Gasteiger partial charge >= 0.3 is 0 Å². The summed E-state index contributed by atoms with van der Waals surface area (Å²) < 4.78 is 36.9. The van der Waals surface area contributed by atoms with Crippen molar-refractivity contribution in [3.8, 4) is 5.75 Å². The molecule has 0 radical (unpaired) electrons. The minimum absolute atomic E-state index is 0. The van der Waals surface area contributed by atoms with Gasteiger partial charge in [0, 0.05) is 45.8 Å². The van der Waals surface area contributed by atoms with Crippen molar-refractivity contribution in [2.45, 2.75) is 19.2 Å². The zero-order valence-corrected chi connectivity index (χ0v) is 20.3. The van der Waals surface area contributed by atoms with Gasteiger partial charge in [-0.2, -0.15) is 4.31 Å². The fourth-order valence-electron chi connectivity index (χ4n) is 3.19. The number of hydrogen-bond donors (Lipinski definition) is 1. The van der Waals surface area contributed by atoms with Crippen LogP contribution in [0.5, 0.6) is 5.75 Å². The van der Waals surface area contributed by atoms with Crippen molar-refractivity contribution >= 4 is 40.0 Å². The van der Waals surface area contributed by atoms with Gasteiger partial charge in [-0.1, -0.05) is 17.3 Å². The molecule has 1 aromatic heterocycles. The number of halogens is 1. The summed E-state index contributed by atoms with van der Waals surface area (Å²) in [7, 11) is -1.69. The van der Waals surface area contributed by atoms with Crippen LogP contribution >= 0.6 is 24.0 Å². The van der Waals surface area contributed by atoms with Crippen LogP contribution in [-0.4, -0.2) is 68.6 Å². The predicted molar refractivity (Wildman–Crippen MR) is 125 cm³/mol. The Morgan fingerprint density at radius 2 is 2.03 bits per heavy atom. The third-order valence-corrected chi connectivity index (χ3v) is 6.44. The van der Waals surface area contributed by atoms with Gasteiger partial charge in [0.1, 0.15) is 17.8 Å². The number of benzene rings is 1. The maximum atomic E-state index is 12.6. The number of nitrogens with zero attached hydrogens (tertiary/aromatic N) is 4. The summed E-state index contributed by atoms with van der Waals surface area (Å²) in [6.45, 7) is 5.13. The van der Waals surface area contributed by atoms with Crippen LogP contribution in [0.15, 0.2) is 46.1 Å². The molecule has 2 heterocycles. The summed E-state index contributed by atoms with van der Waals surface area (Å²) in [6, 6.07) is 9.49. The van der Waals surface area contributed by atoms with Gasteiger partial charge in [-0.25, -0.2) is 8.42 Å². The zero-order chi connectivity index (χ0) is 20.7. The van der Waals surface area contributed by atoms with Crippen LogP contribution in [0.4, 0.5) is 0 Å². The average molecular weight is 549 g/mol. The molecule has 0 amide bonds. The van der Waals surface area contributed by atoms with Crippen molar-refractivity contribution in [1.29, 1.82) is 0 Å². The van der Waals surface area contributed by atoms with Gasteiger partial charge < -0.3 is 19.5 Å². The molecule has 1 N–H and O–H groups in total. The quantitative estimate of drug-likeness (QED) is 0.320. The van der Waals surface area contributed by atoms with Crippen molar-refractivity contribution in [3.63, 3.8) is 0 Å². The molecular formula is C19H28IN5O4S. The minimum atomic E-state index is -3.42. The molecule has 1 aliphatic heterocycles. The van der Waals surface area contributed by atoms with E-state index in [2.05, 4.69) is 20.4 Å². The topological polar surface area (TPSA) is 100 Å². The molecule has 0 spiro atoms. The smallest absolute Gasteiger partial charge is 0.220 e. The SMILES string of the molecule is CCOc1cccc(CNC(=NC)N2CCN(S(=O)(=O)Cc3ccon3)CC2)c1.I. The number of rotatable bonds is 7. The fraction of sp³-hybridized carbons (Fsp3) is 0.474. The lowest BCUT2D eigenvalue weighted by atomic mass is 10.2. The number of aliphatic imine (C=N–C) groups is 1. The second-order valence-corrected chi connectivity index (χ2v) is 8.58. The molecule has 1 aromatic carbocycles. The van der Waals surface area contributed by atoms with E-state index in [1.54, 1.807) is 13.1 Å². The number of sulfonamides is 1. The molecule has 166 valence electrons. The Morgan fingerprint density at radius 1 is 1.27 bits per heavy atom. The lowest BCUT2D eigenvalue weighted by Gasteiger charge is -2.35. The van der Waals surface area contributed by atoms with Crippen molar-refractivity contribution in [2.24, 2.45) is 4.99 Å². The largest absolute Gasteiger partial charge is 0.494 e. The normalized spacial score (nSPS) is 15.5. The van der Waals surface area contributed by atoms with Gasteiger partial charge in [0.05, 0.1) is 12.3 Å². The number of aromatic nitrogens is 1. The monoisotopic (exact) mass is 549 g/mol. The van der Waals surface area contributed by atoms with Crippen molar-refractivity contribution < 1.29 is 17.7 Å². The average Bonchev–Trinajstić information content (AvgIpc) is 3.22. The second-order valence-electron chi connectivity index (χ2n) is 6.61. The third kappa shape index (κ3) is 6.57. The summed E-state index contributed by atoms with van der Waals surface area (Å²) in [5, 5.41) is 7.04. The van der Waals surface area contributed by atoms with Gasteiger partial charge in [0.25, 0.3) is 0 Å². The highest BCUT2D eigenvalue weighted by atomic mass is 127. The fourth-order valence-corrected chi connectivity index (χ4v) is 4.62. The molecule has 3 rings (SSSR count). The molecule has 0 aliphatic carbocycles. The Labute approximate surface area is 194 Å². The van der Waals surface area contributed by atoms with Crippen LogP contribution < -0.4 is 10.1 Å². The highest BCUT2D eigenvalue weighted by Crippen LogP contribution is 2.15. The second kappa shape index (κ2) is 11.5. The Hall–Kier alpha value is -1.86. The summed E-state index contributed by atoms with van der Waals surface area (Å²) >= 11 is 0. The highest BCUT2D eigenvalue weighted by Gasteiger charge is 2.28. The minimum Gasteiger partial charge on any atom is -0.494 e. The first-order valence-electron chi connectivity index (χ1n) is 9.56. The van der Waals surface area contributed by atoms with Crippen molar-refractivity contribution in [3.05, 3.63) is 47.9 Å². The first-order chi connectivity index (χ1) is 14.0. The van der Waals surface area contributed by atoms with Crippen LogP contribution in [0.2, 0.25) is 0 Å². The van der Waals surface area contributed by atoms with Gasteiger partial charge in [-0.3, -0.25) is 4.99 Å². The first kappa shape index (κ1) is 24.4. The van der Waals surface area contributed by atoms with E-state index in [0.29, 0.717) is 45.0 Å². The van der Waals surface area contributed by atoms with Gasteiger partial charge in [0.15, 0.2) is 5.96 Å². The Kier molecular flexibility index (Phi) is 9.37. The van der Waals surface area contributed by atoms with Crippen LogP contribution in [0.25, 0.3) is 0 Å². The molecule has 1 fully saturated rings. The Balaban J connectivity index is 0.00000320. The molecule has 0 bridgehead atoms. The number of guanidine groups is 1. The number of ether oxygens (including phenoxy) is 1. The van der Waals surface area contributed by atoms with Crippen LogP contribution in [0.3, 0.4) is 0 Å². The number of piperazine rings is 1. The molecule has 9 nitrogen and oxygen atoms in total. The predicted octanol–water partition coefficient (Wildman–Crippen LogP) is 1.91. The molecule has 2 aromatic rings. The molecule has 0 unspecified atom stereocenters. The van der Waals surface area contributed by atoms with Crippen LogP contribution in [0, 0.1) is 0 Å². The van der Waals surface area contributed by atoms with E-state index >= 15 is 0 Å². The molecule has 0 saturated carbocycles. The van der Waals surface area contributed by atoms with Crippen LogP contribution in [0.1, 0.15) is 18.2 Å². The molecule has 1 aliphatic rings. The zero-order valence-electron chi connectivity index (χ0n) is 17.2. The first-order valence-corrected chi connectivity index (χ1v) is 11.2. The van der Waals surface area contributed by atoms with E-state index in [0.717, 1.165) is 17.3 Å². The van der Waals surface area contributed by atoms with E-state index < -0.39 is 10.0 Å². The Bertz CT molecular complexity index is 913. The van der Waals surface area contributed by atoms with Crippen LogP contribution in [-0.2, 0) is 22.3 Å². The maximum absolute atomic E-state index is 12.6. The Morgan fingerprint density at radius 3 is 2.67 bits per heavy atom. The summed E-state index contributed by atoms with van der Waals surface area (Å²) in [4.78, 5) is 6.41. The van der Waals surface area contributed by atoms with Crippen molar-refractivity contribution in [2.75, 3.05) is 39.8 Å². The third-order valence-electron chi connectivity index (χ3n) is 4.62. The lowest BCUT2D eigenvalue weighted by Crippen LogP contribution is -2.53. The molecule has 0 atom stereocenters. The standard InChI is InChI=1S/C19H27N5O4S.HI/c1-3-27-18-6-4-5-16(13-18)14-21-19(20-2)23-8-10-24(11-9-23)29(25,26)15-17-7-12-28-22-17;/h4-7,12-13H,3,8-11,14-15H2,1-2H3,(H,20,21);1H. The van der Waals surface area contributed by atoms with Gasteiger partial charge in [-0.05, 0) is 24.6 Å². The molecule has 11 heteroatoms. The summed E-state index contributed by atoms with van der Waals surface area (Å²) in [5.41, 5.74) is 1.50. The van der Waals surface area contributed by atoms with E-state index in [4.69, 9.17) is 9.26 Å². The summed E-state index contributed by atoms with van der Waals surface area (Å²) in [6.07, 6.45) is 1.38. The number of hydrogen-bond acceptors (Lipinski definition) is 6. The van der Waals surface area contributed by atoms with E-state index in [9.17, 15) is 8.42 Å². The summed E-state index contributed by atoms with van der Waals surface area (Å²) in [5.74, 6) is 1.44. The van der Waals surface area contributed by atoms with E-state index in [1.165, 1.54) is 10.6 Å². The molecule has 1 saturated heterocycles. The number of nitrogens with one attached hydrogen (secondary N) is 1. The van der Waals surface area contributed by atoms with Gasteiger partial charge in [0.2, 0.25) is 10.0 Å². The van der Waals surface area contributed by atoms with E-state index in [-0.39, 0.29) is 29.7 Å². The van der Waals surface area contributed by atoms with Crippen molar-refractivity contribution in [1.82, 2.24) is 19.7 Å². The molecular weight excluding hydrogens is 521 g/mol. The maximum Gasteiger partial charge on any atom is 0.220 e.